The van der Waals surface area contributed by atoms with E-state index in [1.165, 1.54) is 71.2 Å². The zero-order chi connectivity index (χ0) is 26.5. The molecule has 200 valence electrons. The molecule has 0 spiro atoms. The first kappa shape index (κ1) is 24.3. The van der Waals surface area contributed by atoms with Gasteiger partial charge in [0.15, 0.2) is 0 Å². The summed E-state index contributed by atoms with van der Waals surface area (Å²) in [5.74, 6) is 0. The van der Waals surface area contributed by atoms with E-state index in [-0.39, 0.29) is 0 Å². The van der Waals surface area contributed by atoms with E-state index in [0.29, 0.717) is 12.1 Å². The van der Waals surface area contributed by atoms with Crippen molar-refractivity contribution >= 4 is 51.6 Å². The third-order valence-electron chi connectivity index (χ3n) is 9.19. The van der Waals surface area contributed by atoms with Gasteiger partial charge in [-0.05, 0) is 70.5 Å². The molecule has 2 aliphatic carbocycles. The largest absolute Gasteiger partial charge is 0.408 e. The molecule has 1 fully saturated rings. The van der Waals surface area contributed by atoms with E-state index in [2.05, 4.69) is 102 Å². The highest BCUT2D eigenvalue weighted by Gasteiger charge is 2.36. The molecule has 5 aromatic carbocycles. The van der Waals surface area contributed by atoms with Crippen molar-refractivity contribution in [1.82, 2.24) is 0 Å². The Labute approximate surface area is 236 Å². The molecule has 2 aliphatic rings. The Hall–Kier alpha value is -3.52. The van der Waals surface area contributed by atoms with Gasteiger partial charge in [0, 0.05) is 22.9 Å². The third-order valence-corrected chi connectivity index (χ3v) is 10.9. The lowest BCUT2D eigenvalue weighted by Crippen LogP contribution is -2.35. The molecular weight excluding hydrogens is 509 g/mol. The second kappa shape index (κ2) is 10.1. The maximum atomic E-state index is 7.15. The van der Waals surface area contributed by atoms with Crippen LogP contribution in [-0.2, 0) is 6.42 Å². The van der Waals surface area contributed by atoms with Crippen LogP contribution in [0.15, 0.2) is 105 Å². The number of fused-ring (bicyclic) bond motifs is 8. The van der Waals surface area contributed by atoms with Crippen LogP contribution in [0.25, 0.3) is 43.5 Å². The highest BCUT2D eigenvalue weighted by molar-refractivity contribution is 7.39. The molecule has 1 saturated carbocycles. The molecule has 3 nitrogen and oxygen atoms in total. The molecule has 40 heavy (non-hydrogen) atoms. The van der Waals surface area contributed by atoms with Crippen molar-refractivity contribution in [1.29, 1.82) is 0 Å². The van der Waals surface area contributed by atoms with Crippen LogP contribution in [0.2, 0.25) is 0 Å². The number of benzene rings is 5. The number of aryl methyl sites for hydroxylation is 1. The van der Waals surface area contributed by atoms with Crippen LogP contribution in [0.3, 0.4) is 0 Å². The maximum absolute atomic E-state index is 7.15. The summed E-state index contributed by atoms with van der Waals surface area (Å²) < 4.78 is 17.0. The number of hydrogen-bond acceptors (Lipinski definition) is 3. The van der Waals surface area contributed by atoms with Gasteiger partial charge in [0.1, 0.15) is 11.2 Å². The monoisotopic (exact) mass is 543 g/mol. The summed E-state index contributed by atoms with van der Waals surface area (Å²) in [5.41, 5.74) is 4.81. The van der Waals surface area contributed by atoms with Crippen molar-refractivity contribution in [3.63, 3.8) is 0 Å². The fraction of sp³-hybridized carbons (Fsp3) is 0.278. The van der Waals surface area contributed by atoms with E-state index in [9.17, 15) is 0 Å². The average molecular weight is 544 g/mol. The lowest BCUT2D eigenvalue weighted by Gasteiger charge is -2.33. The lowest BCUT2D eigenvalue weighted by molar-refractivity contribution is 0.471. The fourth-order valence-corrected chi connectivity index (χ4v) is 9.12. The smallest absolute Gasteiger partial charge is 0.310 e. The Bertz CT molecular complexity index is 1800. The molecule has 8 rings (SSSR count). The Balaban J connectivity index is 1.46. The molecule has 0 aliphatic heterocycles. The molecule has 1 aromatic heterocycles. The SMILES string of the molecule is c1ccc2c(c1)CCC2N(C1CCCCCC1)p1oc2ccc3ccccc3c2c2c(ccc3ccccc32)o1. The molecule has 1 atom stereocenters. The van der Waals surface area contributed by atoms with Crippen LogP contribution in [0.5, 0.6) is 0 Å². The molecule has 6 aromatic rings. The number of nitrogens with zero attached hydrogens (tertiary/aromatic N) is 1. The van der Waals surface area contributed by atoms with Crippen molar-refractivity contribution in [3.8, 4) is 0 Å². The van der Waals surface area contributed by atoms with Gasteiger partial charge in [-0.2, -0.15) is 4.67 Å². The zero-order valence-corrected chi connectivity index (χ0v) is 23.7. The van der Waals surface area contributed by atoms with Crippen molar-refractivity contribution in [3.05, 3.63) is 108 Å². The fourth-order valence-electron chi connectivity index (χ4n) is 7.29. The molecule has 1 heterocycles. The van der Waals surface area contributed by atoms with Crippen LogP contribution in [0.1, 0.15) is 62.1 Å². The third kappa shape index (κ3) is 4.07. The van der Waals surface area contributed by atoms with Crippen LogP contribution in [0, 0.1) is 0 Å². The number of hydrogen-bond donors (Lipinski definition) is 0. The Morgan fingerprint density at radius 1 is 0.575 bits per heavy atom. The summed E-state index contributed by atoms with van der Waals surface area (Å²) in [4.78, 5) is 0. The van der Waals surface area contributed by atoms with Crippen LogP contribution in [0.4, 0.5) is 0 Å². The summed E-state index contributed by atoms with van der Waals surface area (Å²) in [6.07, 6.45) is 9.87. The van der Waals surface area contributed by atoms with Crippen molar-refractivity contribution in [2.75, 3.05) is 4.67 Å². The van der Waals surface area contributed by atoms with E-state index in [4.69, 9.17) is 8.39 Å². The van der Waals surface area contributed by atoms with E-state index >= 15 is 0 Å². The van der Waals surface area contributed by atoms with E-state index in [1.807, 2.05) is 0 Å². The summed E-state index contributed by atoms with van der Waals surface area (Å²) in [6, 6.07) is 35.9. The molecule has 0 amide bonds. The molecule has 0 bridgehead atoms. The van der Waals surface area contributed by atoms with Crippen molar-refractivity contribution in [2.24, 2.45) is 0 Å². The molecular formula is C36H34NO2P. The summed E-state index contributed by atoms with van der Waals surface area (Å²) in [7, 11) is -1.38. The topological polar surface area (TPSA) is 29.5 Å². The first-order valence-corrected chi connectivity index (χ1v) is 16.0. The molecule has 0 N–H and O–H groups in total. The molecule has 1 unspecified atom stereocenters. The highest BCUT2D eigenvalue weighted by Crippen LogP contribution is 2.49. The van der Waals surface area contributed by atoms with E-state index in [0.717, 1.165) is 34.8 Å². The summed E-state index contributed by atoms with van der Waals surface area (Å²) in [5, 5.41) is 7.18. The first-order valence-electron chi connectivity index (χ1n) is 14.9. The first-order chi connectivity index (χ1) is 19.8. The van der Waals surface area contributed by atoms with Gasteiger partial charge in [-0.1, -0.05) is 111 Å². The Morgan fingerprint density at radius 3 is 1.80 bits per heavy atom. The van der Waals surface area contributed by atoms with E-state index < -0.39 is 8.16 Å². The zero-order valence-electron chi connectivity index (χ0n) is 22.8. The van der Waals surface area contributed by atoms with Gasteiger partial charge in [0.2, 0.25) is 0 Å². The quantitative estimate of drug-likeness (QED) is 0.208. The molecule has 4 heteroatoms. The van der Waals surface area contributed by atoms with E-state index in [1.54, 1.807) is 0 Å². The number of rotatable bonds is 3. The predicted molar refractivity (Wildman–Crippen MR) is 169 cm³/mol. The molecule has 0 saturated heterocycles. The van der Waals surface area contributed by atoms with Crippen LogP contribution < -0.4 is 4.67 Å². The molecule has 0 radical (unpaired) electrons. The lowest BCUT2D eigenvalue weighted by atomic mass is 9.99. The average Bonchev–Trinajstić information content (AvgIpc) is 3.15. The second-order valence-corrected chi connectivity index (χ2v) is 12.8. The minimum Gasteiger partial charge on any atom is -0.408 e. The Kier molecular flexibility index (Phi) is 6.16. The van der Waals surface area contributed by atoms with Gasteiger partial charge in [-0.15, -0.1) is 0 Å². The Morgan fingerprint density at radius 2 is 1.15 bits per heavy atom. The highest BCUT2D eigenvalue weighted by atomic mass is 31.1. The van der Waals surface area contributed by atoms with Crippen molar-refractivity contribution in [2.45, 2.75) is 63.5 Å². The summed E-state index contributed by atoms with van der Waals surface area (Å²) >= 11 is 0. The predicted octanol–water partition coefficient (Wildman–Crippen LogP) is 10.9. The van der Waals surface area contributed by atoms with Gasteiger partial charge in [-0.25, -0.2) is 0 Å². The van der Waals surface area contributed by atoms with Gasteiger partial charge in [0.05, 0.1) is 0 Å². The van der Waals surface area contributed by atoms with Crippen LogP contribution >= 0.6 is 8.16 Å². The van der Waals surface area contributed by atoms with Gasteiger partial charge < -0.3 is 8.39 Å². The van der Waals surface area contributed by atoms with Gasteiger partial charge >= 0.3 is 8.16 Å². The minimum atomic E-state index is -1.38. The minimum absolute atomic E-state index is 0.316. The van der Waals surface area contributed by atoms with Gasteiger partial charge in [-0.3, -0.25) is 0 Å². The van der Waals surface area contributed by atoms with Crippen LogP contribution in [-0.4, -0.2) is 6.04 Å². The summed E-state index contributed by atoms with van der Waals surface area (Å²) in [6.45, 7) is 0. The second-order valence-electron chi connectivity index (χ2n) is 11.5. The maximum Gasteiger partial charge on any atom is 0.310 e. The van der Waals surface area contributed by atoms with Crippen molar-refractivity contribution < 1.29 is 8.39 Å². The van der Waals surface area contributed by atoms with Gasteiger partial charge in [0.25, 0.3) is 0 Å². The standard InChI is InChI=1S/C36H34NO2P/c1-2-4-15-28(14-3-1)37(32-22-19-25-11-5-8-16-29(25)32)40-38-33-23-20-26-12-6-9-17-30(26)35(33)36-31-18-10-7-13-27(31)21-24-34(36)39-40/h5-13,16-18,20-21,23-24,28,32H,1-4,14-15,19,22H2. The normalized spacial score (nSPS) is 18.1.